The van der Waals surface area contributed by atoms with Crippen LogP contribution in [0.15, 0.2) is 54.7 Å². The predicted molar refractivity (Wildman–Crippen MR) is 126 cm³/mol. The number of amides is 1. The van der Waals surface area contributed by atoms with Gasteiger partial charge in [0.2, 0.25) is 5.91 Å². The fourth-order valence-electron chi connectivity index (χ4n) is 5.77. The molecule has 5 nitrogen and oxygen atoms in total. The van der Waals surface area contributed by atoms with E-state index in [1.807, 2.05) is 13.0 Å². The van der Waals surface area contributed by atoms with E-state index in [0.717, 1.165) is 55.1 Å². The van der Waals surface area contributed by atoms with E-state index >= 15 is 0 Å². The van der Waals surface area contributed by atoms with Gasteiger partial charge < -0.3 is 10.2 Å². The maximum atomic E-state index is 13.6. The molecule has 2 aromatic carbocycles. The van der Waals surface area contributed by atoms with Gasteiger partial charge in [-0.2, -0.15) is 0 Å². The maximum Gasteiger partial charge on any atom is 0.235 e. The zero-order chi connectivity index (χ0) is 22.6. The number of rotatable bonds is 4. The molecular weight excluding hydrogens is 415 g/mol. The number of aryl methyl sites for hydroxylation is 2. The van der Waals surface area contributed by atoms with E-state index in [1.54, 1.807) is 18.3 Å². The van der Waals surface area contributed by atoms with Gasteiger partial charge in [-0.3, -0.25) is 4.79 Å². The van der Waals surface area contributed by atoms with Gasteiger partial charge in [0.25, 0.3) is 0 Å². The maximum absolute atomic E-state index is 13.6. The van der Waals surface area contributed by atoms with Crippen LogP contribution in [0, 0.1) is 18.2 Å². The van der Waals surface area contributed by atoms with Gasteiger partial charge in [-0.15, -0.1) is 0 Å². The van der Waals surface area contributed by atoms with E-state index in [0.29, 0.717) is 11.1 Å². The molecule has 2 heterocycles. The summed E-state index contributed by atoms with van der Waals surface area (Å²) < 4.78 is 13.3. The summed E-state index contributed by atoms with van der Waals surface area (Å²) in [5.41, 5.74) is 3.99. The lowest BCUT2D eigenvalue weighted by molar-refractivity contribution is -0.127. The number of aromatic nitrogens is 2. The lowest BCUT2D eigenvalue weighted by Crippen LogP contribution is -2.51. The molecule has 1 aromatic heterocycles. The van der Waals surface area contributed by atoms with Crippen molar-refractivity contribution in [2.75, 3.05) is 16.8 Å². The Morgan fingerprint density at radius 1 is 1.09 bits per heavy atom. The zero-order valence-corrected chi connectivity index (χ0v) is 18.8. The minimum absolute atomic E-state index is 0.0191. The molecule has 0 saturated heterocycles. The van der Waals surface area contributed by atoms with Gasteiger partial charge in [-0.25, -0.2) is 14.4 Å². The van der Waals surface area contributed by atoms with E-state index in [4.69, 9.17) is 0 Å². The number of hydrogen-bond donors (Lipinski definition) is 1. The molecule has 33 heavy (non-hydrogen) atoms. The fraction of sp³-hybridized carbons (Fsp3) is 0.370. The molecule has 3 aliphatic rings. The summed E-state index contributed by atoms with van der Waals surface area (Å²) in [7, 11) is 0. The minimum atomic E-state index is -0.520. The molecule has 2 saturated carbocycles. The second-order valence-electron chi connectivity index (χ2n) is 9.96. The molecule has 3 aromatic rings. The Balaban J connectivity index is 1.33. The third kappa shape index (κ3) is 3.48. The predicted octanol–water partition coefficient (Wildman–Crippen LogP) is 5.46. The Labute approximate surface area is 193 Å². The molecule has 6 heteroatoms. The molecule has 0 bridgehead atoms. The molecule has 0 radical (unpaired) electrons. The summed E-state index contributed by atoms with van der Waals surface area (Å²) in [6, 6.07) is 14.5. The number of fused-ring (bicyclic) bond motifs is 1. The van der Waals surface area contributed by atoms with Crippen molar-refractivity contribution in [2.45, 2.75) is 50.9 Å². The van der Waals surface area contributed by atoms with Gasteiger partial charge in [0.1, 0.15) is 17.5 Å². The normalized spacial score (nSPS) is 19.5. The van der Waals surface area contributed by atoms with Gasteiger partial charge in [0.15, 0.2) is 0 Å². The molecule has 2 aliphatic carbocycles. The SMILES string of the molecule is Cc1nccc(N2CCCc3cc(C4(C(=O)Nc5ccc(F)cc5)CC5(CC5)C4)ccc32)n1. The largest absolute Gasteiger partial charge is 0.326 e. The highest BCUT2D eigenvalue weighted by Crippen LogP contribution is 2.69. The Kier molecular flexibility index (Phi) is 4.54. The van der Waals surface area contributed by atoms with Crippen molar-refractivity contribution in [3.8, 4) is 0 Å². The lowest BCUT2D eigenvalue weighted by Gasteiger charge is -2.48. The van der Waals surface area contributed by atoms with Gasteiger partial charge in [-0.05, 0) is 98.4 Å². The minimum Gasteiger partial charge on any atom is -0.326 e. The van der Waals surface area contributed by atoms with E-state index in [-0.39, 0.29) is 11.7 Å². The van der Waals surface area contributed by atoms with Crippen molar-refractivity contribution >= 4 is 23.1 Å². The molecule has 0 atom stereocenters. The summed E-state index contributed by atoms with van der Waals surface area (Å²) >= 11 is 0. The van der Waals surface area contributed by atoms with Gasteiger partial charge in [0.05, 0.1) is 5.41 Å². The van der Waals surface area contributed by atoms with Crippen molar-refractivity contribution in [2.24, 2.45) is 5.41 Å². The molecule has 2 fully saturated rings. The number of hydrogen-bond acceptors (Lipinski definition) is 4. The first-order valence-corrected chi connectivity index (χ1v) is 11.7. The number of benzene rings is 2. The Bertz CT molecular complexity index is 1230. The zero-order valence-electron chi connectivity index (χ0n) is 18.8. The third-order valence-electron chi connectivity index (χ3n) is 7.64. The summed E-state index contributed by atoms with van der Waals surface area (Å²) in [6.07, 6.45) is 8.04. The average molecular weight is 443 g/mol. The van der Waals surface area contributed by atoms with Crippen LogP contribution in [0.1, 0.15) is 49.1 Å². The van der Waals surface area contributed by atoms with Crippen LogP contribution in [-0.4, -0.2) is 22.4 Å². The van der Waals surface area contributed by atoms with Gasteiger partial charge >= 0.3 is 0 Å². The van der Waals surface area contributed by atoms with Crippen LogP contribution in [0.25, 0.3) is 0 Å². The molecule has 1 amide bonds. The highest BCUT2D eigenvalue weighted by molar-refractivity contribution is 6.00. The first-order chi connectivity index (χ1) is 16.0. The van der Waals surface area contributed by atoms with E-state index in [9.17, 15) is 9.18 Å². The number of anilines is 3. The molecular formula is C27H27FN4O. The van der Waals surface area contributed by atoms with Crippen LogP contribution in [-0.2, 0) is 16.6 Å². The van der Waals surface area contributed by atoms with Crippen LogP contribution >= 0.6 is 0 Å². The average Bonchev–Trinajstić information content (AvgIpc) is 3.59. The highest BCUT2D eigenvalue weighted by Gasteiger charge is 2.64. The van der Waals surface area contributed by atoms with Crippen LogP contribution in [0.5, 0.6) is 0 Å². The molecule has 6 rings (SSSR count). The smallest absolute Gasteiger partial charge is 0.235 e. The van der Waals surface area contributed by atoms with E-state index in [1.165, 1.54) is 30.5 Å². The van der Waals surface area contributed by atoms with Crippen LogP contribution in [0.4, 0.5) is 21.6 Å². The van der Waals surface area contributed by atoms with Gasteiger partial charge in [0, 0.05) is 24.1 Å². The Hall–Kier alpha value is -3.28. The van der Waals surface area contributed by atoms with Crippen LogP contribution in [0.3, 0.4) is 0 Å². The van der Waals surface area contributed by atoms with Crippen LogP contribution < -0.4 is 10.2 Å². The van der Waals surface area contributed by atoms with Crippen molar-refractivity contribution in [3.63, 3.8) is 0 Å². The molecule has 1 N–H and O–H groups in total. The number of nitrogens with zero attached hydrogens (tertiary/aromatic N) is 3. The first-order valence-electron chi connectivity index (χ1n) is 11.7. The topological polar surface area (TPSA) is 58.1 Å². The van der Waals surface area contributed by atoms with Crippen molar-refractivity contribution in [3.05, 3.63) is 77.5 Å². The second kappa shape index (κ2) is 7.37. The second-order valence-corrected chi connectivity index (χ2v) is 9.96. The summed E-state index contributed by atoms with van der Waals surface area (Å²) in [4.78, 5) is 24.7. The number of halogens is 1. The van der Waals surface area contributed by atoms with Crippen molar-refractivity contribution in [1.29, 1.82) is 0 Å². The van der Waals surface area contributed by atoms with Crippen molar-refractivity contribution < 1.29 is 9.18 Å². The summed E-state index contributed by atoms with van der Waals surface area (Å²) in [5.74, 6) is 1.39. The monoisotopic (exact) mass is 442 g/mol. The molecule has 1 spiro atoms. The van der Waals surface area contributed by atoms with E-state index < -0.39 is 5.41 Å². The number of carbonyl (C=O) groups is 1. The lowest BCUT2D eigenvalue weighted by atomic mass is 9.55. The Morgan fingerprint density at radius 3 is 2.61 bits per heavy atom. The Morgan fingerprint density at radius 2 is 1.88 bits per heavy atom. The molecule has 1 aliphatic heterocycles. The van der Waals surface area contributed by atoms with Crippen LogP contribution in [0.2, 0.25) is 0 Å². The number of carbonyl (C=O) groups excluding carboxylic acids is 1. The standard InChI is InChI=1S/C27H27FN4O/c1-18-29-13-10-24(30-18)32-14-2-3-19-15-20(4-9-23(19)32)27(16-26(17-27)11-12-26)25(33)31-22-7-5-21(28)6-8-22/h4-10,13,15H,2-3,11-12,14,16-17H2,1H3,(H,31,33). The van der Waals surface area contributed by atoms with Gasteiger partial charge in [-0.1, -0.05) is 12.1 Å². The molecule has 168 valence electrons. The molecule has 0 unspecified atom stereocenters. The summed E-state index contributed by atoms with van der Waals surface area (Å²) in [5, 5.41) is 3.06. The third-order valence-corrected chi connectivity index (χ3v) is 7.64. The quantitative estimate of drug-likeness (QED) is 0.583. The number of nitrogens with one attached hydrogen (secondary N) is 1. The van der Waals surface area contributed by atoms with Crippen molar-refractivity contribution in [1.82, 2.24) is 9.97 Å². The van der Waals surface area contributed by atoms with E-state index in [2.05, 4.69) is 38.4 Å². The first kappa shape index (κ1) is 20.3. The highest BCUT2D eigenvalue weighted by atomic mass is 19.1. The summed E-state index contributed by atoms with van der Waals surface area (Å²) in [6.45, 7) is 2.83. The fourth-order valence-corrected chi connectivity index (χ4v) is 5.77.